The average Bonchev–Trinajstić information content (AvgIpc) is 3.52. The van der Waals surface area contributed by atoms with Crippen LogP contribution in [0.15, 0.2) is 42.0 Å². The molecule has 0 aliphatic carbocycles. The highest BCUT2D eigenvalue weighted by atomic mass is 16.6. The molecule has 4 rings (SSSR count). The van der Waals surface area contributed by atoms with E-state index in [9.17, 15) is 24.6 Å². The lowest BCUT2D eigenvalue weighted by Gasteiger charge is -2.33. The number of aliphatic hydroxyl groups excluding tert-OH is 2. The summed E-state index contributed by atoms with van der Waals surface area (Å²) in [6.45, 7) is 9.26. The van der Waals surface area contributed by atoms with Crippen LogP contribution in [0.3, 0.4) is 0 Å². The van der Waals surface area contributed by atoms with Gasteiger partial charge in [-0.1, -0.05) is 44.2 Å². The zero-order valence-corrected chi connectivity index (χ0v) is 27.7. The van der Waals surface area contributed by atoms with Crippen molar-refractivity contribution < 1.29 is 38.8 Å². The molecule has 2 saturated heterocycles. The summed E-state index contributed by atoms with van der Waals surface area (Å²) >= 11 is 0. The molecule has 3 heterocycles. The van der Waals surface area contributed by atoms with Crippen LogP contribution in [-0.4, -0.2) is 114 Å². The van der Waals surface area contributed by atoms with Gasteiger partial charge in [-0.3, -0.25) is 4.79 Å². The predicted octanol–water partition coefficient (Wildman–Crippen LogP) is 4.22. The molecule has 2 amide bonds. The van der Waals surface area contributed by atoms with E-state index in [2.05, 4.69) is 4.90 Å². The first kappa shape index (κ1) is 35.4. The number of likely N-dealkylation sites (tertiary alicyclic amines) is 1. The molecule has 11 heteroatoms. The van der Waals surface area contributed by atoms with Crippen molar-refractivity contribution in [1.82, 2.24) is 14.7 Å². The van der Waals surface area contributed by atoms with E-state index in [0.29, 0.717) is 32.5 Å². The summed E-state index contributed by atoms with van der Waals surface area (Å²) in [5, 5.41) is 20.1. The third-order valence-corrected chi connectivity index (χ3v) is 9.24. The molecular formula is C35H51N3O8. The van der Waals surface area contributed by atoms with Gasteiger partial charge in [-0.15, -0.1) is 0 Å². The number of benzene rings is 1. The van der Waals surface area contributed by atoms with E-state index in [1.54, 1.807) is 9.80 Å². The normalized spacial score (nSPS) is 29.3. The van der Waals surface area contributed by atoms with E-state index >= 15 is 0 Å². The fourth-order valence-corrected chi connectivity index (χ4v) is 6.24. The van der Waals surface area contributed by atoms with Crippen LogP contribution in [0.2, 0.25) is 0 Å². The van der Waals surface area contributed by atoms with Gasteiger partial charge in [-0.2, -0.15) is 0 Å². The van der Waals surface area contributed by atoms with Gasteiger partial charge in [0.15, 0.2) is 0 Å². The third kappa shape index (κ3) is 10.0. The van der Waals surface area contributed by atoms with Crippen molar-refractivity contribution in [2.75, 3.05) is 46.4 Å². The SMILES string of the molecule is C/C(=C\c1cccc(COC(=O)N2CCC[C@H]2CO)c1)[C@H]1OC(=O)C[C@H](O)CC[C@H](C)[C@@H](OC(=O)N2CCN(C)CC2)/C=C\[C@@H]1C. The van der Waals surface area contributed by atoms with Crippen molar-refractivity contribution in [2.45, 2.75) is 83.8 Å². The number of aliphatic hydroxyl groups is 2. The van der Waals surface area contributed by atoms with Gasteiger partial charge in [-0.05, 0) is 74.4 Å². The quantitative estimate of drug-likeness (QED) is 0.267. The molecule has 1 aromatic carbocycles. The maximum atomic E-state index is 13.0. The number of hydrogen-bond donors (Lipinski definition) is 2. The summed E-state index contributed by atoms with van der Waals surface area (Å²) in [4.78, 5) is 44.0. The van der Waals surface area contributed by atoms with Crippen molar-refractivity contribution >= 4 is 24.2 Å². The smallest absolute Gasteiger partial charge is 0.410 e. The van der Waals surface area contributed by atoms with Crippen molar-refractivity contribution in [3.05, 3.63) is 53.1 Å². The topological polar surface area (TPSA) is 129 Å². The van der Waals surface area contributed by atoms with Gasteiger partial charge in [0.05, 0.1) is 25.2 Å². The maximum absolute atomic E-state index is 13.0. The second-order valence-electron chi connectivity index (χ2n) is 13.1. The summed E-state index contributed by atoms with van der Waals surface area (Å²) in [7, 11) is 2.03. The van der Waals surface area contributed by atoms with Crippen molar-refractivity contribution in [1.29, 1.82) is 0 Å². The standard InChI is InChI=1S/C35H51N3O8/c1-24-10-12-30(40)21-32(41)46-33(25(2)11-13-31(24)45-34(42)37-17-15-36(4)16-18-37)26(3)19-27-7-5-8-28(20-27)23-44-35(43)38-14-6-9-29(38)22-39/h5,7-8,11,13,19-20,24-25,29-31,33,39-40H,6,9-10,12,14-18,21-23H2,1-4H3/b13-11-,26-19+/t24-,25-,29-,30+,31-,33-/m0/s1. The van der Waals surface area contributed by atoms with Crippen LogP contribution in [0.5, 0.6) is 0 Å². The molecule has 0 bridgehead atoms. The van der Waals surface area contributed by atoms with E-state index in [4.69, 9.17) is 14.2 Å². The zero-order chi connectivity index (χ0) is 33.2. The van der Waals surface area contributed by atoms with E-state index in [1.807, 2.05) is 70.3 Å². The van der Waals surface area contributed by atoms with Crippen molar-refractivity contribution in [3.63, 3.8) is 0 Å². The zero-order valence-electron chi connectivity index (χ0n) is 27.7. The number of likely N-dealkylation sites (N-methyl/N-ethyl adjacent to an activating group) is 1. The Morgan fingerprint density at radius 3 is 2.54 bits per heavy atom. The van der Waals surface area contributed by atoms with Crippen LogP contribution in [0.25, 0.3) is 6.08 Å². The molecule has 11 nitrogen and oxygen atoms in total. The van der Waals surface area contributed by atoms with Crippen LogP contribution in [0.4, 0.5) is 9.59 Å². The summed E-state index contributed by atoms with van der Waals surface area (Å²) in [6, 6.07) is 7.40. The van der Waals surface area contributed by atoms with Gasteiger partial charge in [-0.25, -0.2) is 9.59 Å². The van der Waals surface area contributed by atoms with Crippen LogP contribution < -0.4 is 0 Å². The van der Waals surface area contributed by atoms with Gasteiger partial charge < -0.3 is 39.1 Å². The number of hydrogen-bond acceptors (Lipinski definition) is 9. The lowest BCUT2D eigenvalue weighted by Crippen LogP contribution is -2.48. The first-order valence-corrected chi connectivity index (χ1v) is 16.6. The molecule has 0 unspecified atom stereocenters. The molecule has 46 heavy (non-hydrogen) atoms. The van der Waals surface area contributed by atoms with Gasteiger partial charge in [0.1, 0.15) is 18.8 Å². The number of esters is 1. The van der Waals surface area contributed by atoms with Crippen LogP contribution in [-0.2, 0) is 25.6 Å². The minimum Gasteiger partial charge on any atom is -0.457 e. The van der Waals surface area contributed by atoms with E-state index < -0.39 is 30.4 Å². The highest BCUT2D eigenvalue weighted by Crippen LogP contribution is 2.26. The molecule has 2 N–H and O–H groups in total. The molecule has 6 atom stereocenters. The Morgan fingerprint density at radius 2 is 1.80 bits per heavy atom. The van der Waals surface area contributed by atoms with Crippen molar-refractivity contribution in [3.8, 4) is 0 Å². The van der Waals surface area contributed by atoms with Gasteiger partial charge in [0, 0.05) is 38.6 Å². The summed E-state index contributed by atoms with van der Waals surface area (Å²) < 4.78 is 17.5. The monoisotopic (exact) mass is 641 g/mol. The summed E-state index contributed by atoms with van der Waals surface area (Å²) in [5.41, 5.74) is 2.46. The fraction of sp³-hybridized carbons (Fsp3) is 0.629. The van der Waals surface area contributed by atoms with Gasteiger partial charge in [0.25, 0.3) is 0 Å². The Hall–Kier alpha value is -3.41. The highest BCUT2D eigenvalue weighted by Gasteiger charge is 2.30. The van der Waals surface area contributed by atoms with Crippen LogP contribution in [0.1, 0.15) is 64.0 Å². The number of nitrogens with zero attached hydrogens (tertiary/aromatic N) is 3. The number of ether oxygens (including phenoxy) is 3. The fourth-order valence-electron chi connectivity index (χ4n) is 6.24. The number of carbonyl (C=O) groups excluding carboxylic acids is 3. The largest absolute Gasteiger partial charge is 0.457 e. The third-order valence-electron chi connectivity index (χ3n) is 9.24. The Balaban J connectivity index is 1.48. The molecule has 1 aromatic rings. The van der Waals surface area contributed by atoms with E-state index in [-0.39, 0.29) is 43.6 Å². The second-order valence-corrected chi connectivity index (χ2v) is 13.1. The van der Waals surface area contributed by atoms with Gasteiger partial charge in [0.2, 0.25) is 0 Å². The number of piperazine rings is 1. The van der Waals surface area contributed by atoms with E-state index in [0.717, 1.165) is 42.6 Å². The molecule has 3 aliphatic heterocycles. The molecule has 3 aliphatic rings. The molecule has 0 spiro atoms. The number of cyclic esters (lactones) is 1. The Kier molecular flexibility index (Phi) is 13.1. The lowest BCUT2D eigenvalue weighted by molar-refractivity contribution is -0.151. The molecule has 254 valence electrons. The minimum absolute atomic E-state index is 0.0584. The number of rotatable bonds is 6. The molecule has 0 aromatic heterocycles. The first-order chi connectivity index (χ1) is 22.0. The molecule has 0 saturated carbocycles. The second kappa shape index (κ2) is 16.9. The lowest BCUT2D eigenvalue weighted by atomic mass is 9.91. The minimum atomic E-state index is -0.861. The average molecular weight is 642 g/mol. The maximum Gasteiger partial charge on any atom is 0.410 e. The molecule has 0 radical (unpaired) electrons. The van der Waals surface area contributed by atoms with Crippen LogP contribution in [0, 0.1) is 11.8 Å². The first-order valence-electron chi connectivity index (χ1n) is 16.6. The predicted molar refractivity (Wildman–Crippen MR) is 174 cm³/mol. The van der Waals surface area contributed by atoms with Gasteiger partial charge >= 0.3 is 18.2 Å². The molecule has 2 fully saturated rings. The molecular weight excluding hydrogens is 590 g/mol. The highest BCUT2D eigenvalue weighted by molar-refractivity contribution is 5.71. The Bertz CT molecular complexity index is 1240. The van der Waals surface area contributed by atoms with Crippen LogP contribution >= 0.6 is 0 Å². The Morgan fingerprint density at radius 1 is 1.04 bits per heavy atom. The number of carbonyl (C=O) groups is 3. The van der Waals surface area contributed by atoms with E-state index in [1.165, 1.54) is 0 Å². The number of amides is 2. The van der Waals surface area contributed by atoms with Crippen molar-refractivity contribution in [2.24, 2.45) is 11.8 Å². The summed E-state index contributed by atoms with van der Waals surface area (Å²) in [5.74, 6) is -0.782. The summed E-state index contributed by atoms with van der Waals surface area (Å²) in [6.07, 6.45) is 5.50. The Labute approximate surface area is 272 Å².